The van der Waals surface area contributed by atoms with E-state index in [1.165, 1.54) is 11.8 Å². The first-order valence-electron chi connectivity index (χ1n) is 4.10. The zero-order valence-electron chi connectivity index (χ0n) is 7.49. The number of carboxylic acids is 1. The molecule has 0 radical (unpaired) electrons. The third-order valence-corrected chi connectivity index (χ3v) is 2.82. The lowest BCUT2D eigenvalue weighted by molar-refractivity contribution is -0.141. The van der Waals surface area contributed by atoms with Crippen LogP contribution in [0.1, 0.15) is 26.7 Å². The van der Waals surface area contributed by atoms with E-state index in [-0.39, 0.29) is 11.4 Å². The van der Waals surface area contributed by atoms with Gasteiger partial charge in [-0.05, 0) is 18.6 Å². The Labute approximate surface area is 77.2 Å². The van der Waals surface area contributed by atoms with E-state index < -0.39 is 5.97 Å². The number of carboxylic acid groups (broad SMARTS) is 1. The van der Waals surface area contributed by atoms with Crippen molar-refractivity contribution in [2.45, 2.75) is 32.1 Å². The summed E-state index contributed by atoms with van der Waals surface area (Å²) in [5.41, 5.74) is -0.342. The van der Waals surface area contributed by atoms with Gasteiger partial charge in [0.05, 0.1) is 11.4 Å². The van der Waals surface area contributed by atoms with Crippen molar-refractivity contribution in [3.05, 3.63) is 0 Å². The normalized spacial score (nSPS) is 15.6. The summed E-state index contributed by atoms with van der Waals surface area (Å²) >= 11 is 1.41. The molecule has 0 aliphatic carbocycles. The number of carbonyl (C=O) groups is 1. The van der Waals surface area contributed by atoms with Crippen molar-refractivity contribution in [3.63, 3.8) is 0 Å². The Hall–Kier alpha value is -0.220. The van der Waals surface area contributed by atoms with E-state index in [0.717, 1.165) is 0 Å². The summed E-state index contributed by atoms with van der Waals surface area (Å²) in [7, 11) is 0. The monoisotopic (exact) mass is 192 g/mol. The molecule has 2 N–H and O–H groups in total. The minimum absolute atomic E-state index is 0.304. The second-order valence-electron chi connectivity index (χ2n) is 2.76. The second-order valence-corrected chi connectivity index (χ2v) is 4.05. The molecule has 3 nitrogen and oxygen atoms in total. The molecular weight excluding hydrogens is 176 g/mol. The summed E-state index contributed by atoms with van der Waals surface area (Å²) in [5.74, 6) is -0.356. The van der Waals surface area contributed by atoms with Crippen molar-refractivity contribution >= 4 is 17.7 Å². The molecule has 0 bridgehead atoms. The number of thioether (sulfide) groups is 1. The van der Waals surface area contributed by atoms with Crippen LogP contribution >= 0.6 is 11.8 Å². The molecule has 12 heavy (non-hydrogen) atoms. The molecule has 0 saturated carbocycles. The Morgan fingerprint density at radius 3 is 2.58 bits per heavy atom. The van der Waals surface area contributed by atoms with E-state index in [0.29, 0.717) is 18.6 Å². The number of hydrogen-bond donors (Lipinski definition) is 2. The predicted molar refractivity (Wildman–Crippen MR) is 50.2 cm³/mol. The largest absolute Gasteiger partial charge is 0.481 e. The first-order chi connectivity index (χ1) is 5.57. The second kappa shape index (κ2) is 6.31. The lowest BCUT2D eigenvalue weighted by Crippen LogP contribution is -2.11. The molecule has 0 aromatic heterocycles. The van der Waals surface area contributed by atoms with E-state index in [4.69, 9.17) is 10.2 Å². The van der Waals surface area contributed by atoms with Gasteiger partial charge in [-0.3, -0.25) is 4.79 Å². The quantitative estimate of drug-likeness (QED) is 0.627. The minimum atomic E-state index is -0.762. The number of rotatable bonds is 6. The van der Waals surface area contributed by atoms with Crippen LogP contribution in [0.25, 0.3) is 0 Å². The van der Waals surface area contributed by atoms with Crippen LogP contribution in [0, 0.1) is 5.92 Å². The molecule has 0 aromatic rings. The van der Waals surface area contributed by atoms with Crippen LogP contribution in [0.3, 0.4) is 0 Å². The van der Waals surface area contributed by atoms with Crippen molar-refractivity contribution < 1.29 is 15.0 Å². The summed E-state index contributed by atoms with van der Waals surface area (Å²) in [6.07, 6.45) is 1.34. The molecule has 0 rings (SSSR count). The highest BCUT2D eigenvalue weighted by Crippen LogP contribution is 2.15. The number of aliphatic hydroxyl groups excluding tert-OH is 1. The van der Waals surface area contributed by atoms with Gasteiger partial charge < -0.3 is 10.2 Å². The van der Waals surface area contributed by atoms with Crippen LogP contribution in [0.5, 0.6) is 0 Å². The molecule has 0 aliphatic heterocycles. The molecule has 0 aromatic carbocycles. The summed E-state index contributed by atoms with van der Waals surface area (Å²) in [6.45, 7) is 3.58. The highest BCUT2D eigenvalue weighted by molar-refractivity contribution is 7.99. The third-order valence-electron chi connectivity index (χ3n) is 1.63. The van der Waals surface area contributed by atoms with E-state index in [1.54, 1.807) is 6.92 Å². The van der Waals surface area contributed by atoms with Gasteiger partial charge >= 0.3 is 5.97 Å². The molecule has 0 spiro atoms. The van der Waals surface area contributed by atoms with Crippen LogP contribution in [0.2, 0.25) is 0 Å². The predicted octanol–water partition coefficient (Wildman–Crippen LogP) is 1.56. The fourth-order valence-electron chi connectivity index (χ4n) is 0.622. The number of aliphatic carboxylic acids is 1. The molecule has 2 unspecified atom stereocenters. The van der Waals surface area contributed by atoms with Crippen LogP contribution in [0.15, 0.2) is 0 Å². The molecule has 2 atom stereocenters. The topological polar surface area (TPSA) is 57.5 Å². The lowest BCUT2D eigenvalue weighted by Gasteiger charge is -2.08. The van der Waals surface area contributed by atoms with Gasteiger partial charge in [0, 0.05) is 0 Å². The summed E-state index contributed by atoms with van der Waals surface area (Å²) in [4.78, 5) is 10.4. The first-order valence-corrected chi connectivity index (χ1v) is 5.15. The van der Waals surface area contributed by atoms with Crippen molar-refractivity contribution in [1.82, 2.24) is 0 Å². The Kier molecular flexibility index (Phi) is 6.20. The average molecular weight is 192 g/mol. The standard InChI is InChI=1S/C8H16O3S/c1-3-7(9)12-5-4-6(2)8(10)11/h6-7,9H,3-5H2,1-2H3,(H,10,11). The molecule has 0 heterocycles. The van der Waals surface area contributed by atoms with Crippen LogP contribution in [-0.4, -0.2) is 27.4 Å². The fraction of sp³-hybridized carbons (Fsp3) is 0.875. The third kappa shape index (κ3) is 5.43. The SMILES string of the molecule is CCC(O)SCCC(C)C(=O)O. The van der Waals surface area contributed by atoms with Gasteiger partial charge in [0.1, 0.15) is 0 Å². The maximum absolute atomic E-state index is 10.4. The Morgan fingerprint density at radius 1 is 1.58 bits per heavy atom. The Morgan fingerprint density at radius 2 is 2.17 bits per heavy atom. The molecule has 0 fully saturated rings. The van der Waals surface area contributed by atoms with Crippen LogP contribution in [-0.2, 0) is 4.79 Å². The van der Waals surface area contributed by atoms with E-state index in [2.05, 4.69) is 0 Å². The van der Waals surface area contributed by atoms with Gasteiger partial charge in [-0.2, -0.15) is 0 Å². The maximum Gasteiger partial charge on any atom is 0.306 e. The zero-order chi connectivity index (χ0) is 9.56. The van der Waals surface area contributed by atoms with Crippen LogP contribution in [0.4, 0.5) is 0 Å². The van der Waals surface area contributed by atoms with Gasteiger partial charge in [-0.1, -0.05) is 13.8 Å². The van der Waals surface area contributed by atoms with Gasteiger partial charge in [0.15, 0.2) is 0 Å². The first kappa shape index (κ1) is 11.8. The van der Waals surface area contributed by atoms with Gasteiger partial charge in [-0.15, -0.1) is 11.8 Å². The highest BCUT2D eigenvalue weighted by Gasteiger charge is 2.10. The fourth-order valence-corrected chi connectivity index (χ4v) is 1.62. The zero-order valence-corrected chi connectivity index (χ0v) is 8.30. The van der Waals surface area contributed by atoms with E-state index in [9.17, 15) is 4.79 Å². The summed E-state index contributed by atoms with van der Waals surface area (Å²) < 4.78 is 0. The minimum Gasteiger partial charge on any atom is -0.481 e. The van der Waals surface area contributed by atoms with Crippen molar-refractivity contribution in [2.75, 3.05) is 5.75 Å². The average Bonchev–Trinajstić information content (AvgIpc) is 2.03. The van der Waals surface area contributed by atoms with Crippen molar-refractivity contribution in [3.8, 4) is 0 Å². The van der Waals surface area contributed by atoms with Crippen molar-refractivity contribution in [2.24, 2.45) is 5.92 Å². The molecule has 0 aliphatic rings. The van der Waals surface area contributed by atoms with E-state index >= 15 is 0 Å². The smallest absolute Gasteiger partial charge is 0.306 e. The van der Waals surface area contributed by atoms with Crippen LogP contribution < -0.4 is 0 Å². The number of hydrogen-bond acceptors (Lipinski definition) is 3. The van der Waals surface area contributed by atoms with E-state index in [1.807, 2.05) is 6.92 Å². The summed E-state index contributed by atoms with van der Waals surface area (Å²) in [5, 5.41) is 17.7. The van der Waals surface area contributed by atoms with Crippen molar-refractivity contribution in [1.29, 1.82) is 0 Å². The Balaban J connectivity index is 3.37. The number of aliphatic hydroxyl groups is 1. The van der Waals surface area contributed by atoms with Gasteiger partial charge in [-0.25, -0.2) is 0 Å². The Bertz CT molecular complexity index is 138. The molecule has 4 heteroatoms. The molecule has 72 valence electrons. The summed E-state index contributed by atoms with van der Waals surface area (Å²) in [6, 6.07) is 0. The highest BCUT2D eigenvalue weighted by atomic mass is 32.2. The van der Waals surface area contributed by atoms with Gasteiger partial charge in [0.2, 0.25) is 0 Å². The molecule has 0 saturated heterocycles. The lowest BCUT2D eigenvalue weighted by atomic mass is 10.1. The molecule has 0 amide bonds. The van der Waals surface area contributed by atoms with Gasteiger partial charge in [0.25, 0.3) is 0 Å². The maximum atomic E-state index is 10.4. The molecular formula is C8H16O3S.